The Morgan fingerprint density at radius 2 is 1.79 bits per heavy atom. The first-order chi connectivity index (χ1) is 9.22. The molecule has 4 heteroatoms. The number of ether oxygens (including phenoxy) is 2. The van der Waals surface area contributed by atoms with E-state index in [-0.39, 0.29) is 5.41 Å². The molecule has 1 spiro atoms. The lowest BCUT2D eigenvalue weighted by molar-refractivity contribution is 0.197. The van der Waals surface area contributed by atoms with Crippen molar-refractivity contribution >= 4 is 11.6 Å². The smallest absolute Gasteiger partial charge is 0.162 e. The summed E-state index contributed by atoms with van der Waals surface area (Å²) in [7, 11) is 0. The zero-order valence-electron chi connectivity index (χ0n) is 11.1. The summed E-state index contributed by atoms with van der Waals surface area (Å²) < 4.78 is 11.8. The molecule has 0 saturated heterocycles. The van der Waals surface area contributed by atoms with Gasteiger partial charge in [-0.3, -0.25) is 0 Å². The van der Waals surface area contributed by atoms with Crippen LogP contribution in [0.5, 0.6) is 11.5 Å². The van der Waals surface area contributed by atoms with Crippen LogP contribution in [-0.2, 0) is 6.42 Å². The number of hydrogen-bond donors (Lipinski definition) is 1. The van der Waals surface area contributed by atoms with Crippen LogP contribution in [0.2, 0.25) is 5.02 Å². The Bertz CT molecular complexity index is 471. The molecule has 1 heterocycles. The molecule has 0 unspecified atom stereocenters. The number of hydrogen-bond acceptors (Lipinski definition) is 3. The van der Waals surface area contributed by atoms with Gasteiger partial charge in [0.05, 0.1) is 13.2 Å². The fourth-order valence-corrected chi connectivity index (χ4v) is 2.67. The summed E-state index contributed by atoms with van der Waals surface area (Å²) in [5.41, 5.74) is 6.92. The molecule has 3 rings (SSSR count). The summed E-state index contributed by atoms with van der Waals surface area (Å²) >= 11 is 6.31. The Morgan fingerprint density at radius 3 is 2.42 bits per heavy atom. The van der Waals surface area contributed by atoms with E-state index in [4.69, 9.17) is 26.8 Å². The number of nitrogens with two attached hydrogens (primary N) is 1. The number of unbranched alkanes of at least 4 members (excludes halogenated alkanes) is 1. The predicted octanol–water partition coefficient (Wildman–Crippen LogP) is 3.17. The highest BCUT2D eigenvalue weighted by Gasteiger charge is 2.46. The lowest BCUT2D eigenvalue weighted by Gasteiger charge is -2.11. The van der Waals surface area contributed by atoms with Crippen molar-refractivity contribution in [2.75, 3.05) is 19.8 Å². The normalized spacial score (nSPS) is 19.3. The van der Waals surface area contributed by atoms with Crippen molar-refractivity contribution in [3.05, 3.63) is 22.7 Å². The third-order valence-corrected chi connectivity index (χ3v) is 4.39. The van der Waals surface area contributed by atoms with E-state index in [0.29, 0.717) is 0 Å². The summed E-state index contributed by atoms with van der Waals surface area (Å²) in [4.78, 5) is 0. The van der Waals surface area contributed by atoms with E-state index in [2.05, 4.69) is 0 Å². The minimum atomic E-state index is 0.269. The zero-order chi connectivity index (χ0) is 13.3. The molecule has 1 saturated carbocycles. The minimum Gasteiger partial charge on any atom is -0.489 e. The SMILES string of the molecule is NCCCCc1cc2c(cc1Cl)OCC1(CC1)CO2. The number of fused-ring (bicyclic) bond motifs is 1. The Kier molecular flexibility index (Phi) is 3.59. The van der Waals surface area contributed by atoms with Crippen LogP contribution < -0.4 is 15.2 Å². The third-order valence-electron chi connectivity index (χ3n) is 4.04. The van der Waals surface area contributed by atoms with Gasteiger partial charge in [0.15, 0.2) is 11.5 Å². The minimum absolute atomic E-state index is 0.269. The first-order valence-corrected chi connectivity index (χ1v) is 7.38. The van der Waals surface area contributed by atoms with E-state index in [9.17, 15) is 0 Å². The molecule has 0 atom stereocenters. The molecule has 0 bridgehead atoms. The van der Waals surface area contributed by atoms with Gasteiger partial charge in [0, 0.05) is 16.5 Å². The Hall–Kier alpha value is -0.930. The number of benzene rings is 1. The van der Waals surface area contributed by atoms with Crippen molar-refractivity contribution in [3.8, 4) is 11.5 Å². The molecule has 0 aromatic heterocycles. The summed E-state index contributed by atoms with van der Waals surface area (Å²) in [6.45, 7) is 2.25. The van der Waals surface area contributed by atoms with Gasteiger partial charge in [-0.2, -0.15) is 0 Å². The van der Waals surface area contributed by atoms with Crippen molar-refractivity contribution in [1.82, 2.24) is 0 Å². The Morgan fingerprint density at radius 1 is 1.11 bits per heavy atom. The van der Waals surface area contributed by atoms with Crippen LogP contribution in [0.15, 0.2) is 12.1 Å². The lowest BCUT2D eigenvalue weighted by Crippen LogP contribution is -2.17. The first-order valence-electron chi connectivity index (χ1n) is 7.01. The Labute approximate surface area is 119 Å². The van der Waals surface area contributed by atoms with Gasteiger partial charge >= 0.3 is 0 Å². The quantitative estimate of drug-likeness (QED) is 0.862. The van der Waals surface area contributed by atoms with Gasteiger partial charge in [-0.05, 0) is 50.3 Å². The summed E-state index contributed by atoms with van der Waals surface area (Å²) in [5, 5.41) is 0.770. The maximum absolute atomic E-state index is 6.31. The average Bonchev–Trinajstić information content (AvgIpc) is 3.19. The van der Waals surface area contributed by atoms with Crippen molar-refractivity contribution < 1.29 is 9.47 Å². The maximum Gasteiger partial charge on any atom is 0.162 e. The summed E-state index contributed by atoms with van der Waals surface area (Å²) in [6, 6.07) is 3.94. The Balaban J connectivity index is 1.76. The van der Waals surface area contributed by atoms with Gasteiger partial charge in [0.1, 0.15) is 0 Å². The fourth-order valence-electron chi connectivity index (χ4n) is 2.42. The van der Waals surface area contributed by atoms with Crippen LogP contribution in [0.1, 0.15) is 31.2 Å². The molecule has 19 heavy (non-hydrogen) atoms. The number of aryl methyl sites for hydroxylation is 1. The van der Waals surface area contributed by atoms with Gasteiger partial charge in [0.2, 0.25) is 0 Å². The van der Waals surface area contributed by atoms with Gasteiger partial charge in [-0.1, -0.05) is 11.6 Å². The van der Waals surface area contributed by atoms with Crippen molar-refractivity contribution in [2.45, 2.75) is 32.1 Å². The largest absolute Gasteiger partial charge is 0.489 e. The number of rotatable bonds is 4. The van der Waals surface area contributed by atoms with Crippen LogP contribution >= 0.6 is 11.6 Å². The van der Waals surface area contributed by atoms with Crippen LogP contribution in [0.4, 0.5) is 0 Å². The summed E-state index contributed by atoms with van der Waals surface area (Å²) in [6.07, 6.45) is 5.43. The van der Waals surface area contributed by atoms with Gasteiger partial charge in [-0.25, -0.2) is 0 Å². The molecule has 1 aromatic rings. The molecule has 1 fully saturated rings. The van der Waals surface area contributed by atoms with E-state index in [1.807, 2.05) is 12.1 Å². The molecular weight excluding hydrogens is 262 g/mol. The third kappa shape index (κ3) is 2.82. The average molecular weight is 282 g/mol. The molecule has 0 radical (unpaired) electrons. The second-order valence-corrected chi connectivity index (χ2v) is 6.12. The van der Waals surface area contributed by atoms with E-state index in [0.717, 1.165) is 61.1 Å². The highest BCUT2D eigenvalue weighted by Crippen LogP contribution is 2.49. The highest BCUT2D eigenvalue weighted by molar-refractivity contribution is 6.31. The predicted molar refractivity (Wildman–Crippen MR) is 76.1 cm³/mol. The maximum atomic E-state index is 6.31. The first kappa shape index (κ1) is 13.1. The molecule has 1 aromatic carbocycles. The van der Waals surface area contributed by atoms with Gasteiger partial charge < -0.3 is 15.2 Å². The van der Waals surface area contributed by atoms with E-state index in [1.165, 1.54) is 12.8 Å². The molecule has 1 aliphatic heterocycles. The highest BCUT2D eigenvalue weighted by atomic mass is 35.5. The standard InChI is InChI=1S/C15H20ClNO2/c16-12-8-14-13(7-11(12)3-1-2-6-17)18-9-15(4-5-15)10-19-14/h7-8H,1-6,9-10,17H2. The van der Waals surface area contributed by atoms with E-state index >= 15 is 0 Å². The van der Waals surface area contributed by atoms with E-state index < -0.39 is 0 Å². The van der Waals surface area contributed by atoms with Gasteiger partial charge in [0.25, 0.3) is 0 Å². The van der Waals surface area contributed by atoms with Crippen LogP contribution in [0, 0.1) is 5.41 Å². The van der Waals surface area contributed by atoms with E-state index in [1.54, 1.807) is 0 Å². The molecule has 2 N–H and O–H groups in total. The summed E-state index contributed by atoms with van der Waals surface area (Å²) in [5.74, 6) is 1.63. The molecule has 2 aliphatic rings. The molecule has 0 amide bonds. The van der Waals surface area contributed by atoms with Crippen molar-refractivity contribution in [3.63, 3.8) is 0 Å². The molecule has 1 aliphatic carbocycles. The topological polar surface area (TPSA) is 44.5 Å². The second-order valence-electron chi connectivity index (χ2n) is 5.71. The van der Waals surface area contributed by atoms with Gasteiger partial charge in [-0.15, -0.1) is 0 Å². The second kappa shape index (κ2) is 5.22. The molecular formula is C15H20ClNO2. The molecule has 104 valence electrons. The van der Waals surface area contributed by atoms with Crippen LogP contribution in [0.3, 0.4) is 0 Å². The number of halogens is 1. The lowest BCUT2D eigenvalue weighted by atomic mass is 10.1. The van der Waals surface area contributed by atoms with Crippen LogP contribution in [-0.4, -0.2) is 19.8 Å². The zero-order valence-corrected chi connectivity index (χ0v) is 11.8. The molecule has 3 nitrogen and oxygen atoms in total. The van der Waals surface area contributed by atoms with Crippen molar-refractivity contribution in [1.29, 1.82) is 0 Å². The monoisotopic (exact) mass is 281 g/mol. The fraction of sp³-hybridized carbons (Fsp3) is 0.600. The van der Waals surface area contributed by atoms with Crippen LogP contribution in [0.25, 0.3) is 0 Å². The van der Waals surface area contributed by atoms with Crippen molar-refractivity contribution in [2.24, 2.45) is 11.1 Å².